The number of para-hydroxylation sites is 1. The van der Waals surface area contributed by atoms with E-state index in [1.54, 1.807) is 6.26 Å². The highest BCUT2D eigenvalue weighted by atomic mass is 16.5. The maximum absolute atomic E-state index is 12.0. The molecular weight excluding hydrogens is 318 g/mol. The molecule has 6 nitrogen and oxygen atoms in total. The first-order chi connectivity index (χ1) is 12.3. The molecule has 134 valence electrons. The summed E-state index contributed by atoms with van der Waals surface area (Å²) in [5, 5.41) is 5.76. The minimum absolute atomic E-state index is 0.0869. The first-order valence-electron chi connectivity index (χ1n) is 8.80. The Morgan fingerprint density at radius 2 is 1.92 bits per heavy atom. The van der Waals surface area contributed by atoms with Crippen LogP contribution in [0.2, 0.25) is 0 Å². The number of carbonyl (C=O) groups excluding carboxylic acids is 1. The van der Waals surface area contributed by atoms with Gasteiger partial charge in [0.05, 0.1) is 18.8 Å². The highest BCUT2D eigenvalue weighted by Gasteiger charge is 2.25. The third kappa shape index (κ3) is 5.26. The molecule has 0 spiro atoms. The average molecular weight is 343 g/mol. The van der Waals surface area contributed by atoms with E-state index in [-0.39, 0.29) is 12.1 Å². The van der Waals surface area contributed by atoms with Crippen LogP contribution in [-0.4, -0.2) is 43.7 Å². The second-order valence-electron chi connectivity index (χ2n) is 6.07. The molecule has 2 aromatic rings. The second-order valence-corrected chi connectivity index (χ2v) is 6.07. The summed E-state index contributed by atoms with van der Waals surface area (Å²) >= 11 is 0. The smallest absolute Gasteiger partial charge is 0.314 e. The van der Waals surface area contributed by atoms with Gasteiger partial charge in [0, 0.05) is 6.54 Å². The molecular formula is C19H25N3O3. The molecule has 0 aliphatic carbocycles. The fraction of sp³-hybridized carbons (Fsp3) is 0.421. The number of hydrogen-bond acceptors (Lipinski definition) is 4. The zero-order chi connectivity index (χ0) is 17.3. The quantitative estimate of drug-likeness (QED) is 0.723. The van der Waals surface area contributed by atoms with Gasteiger partial charge in [-0.05, 0) is 50.2 Å². The first kappa shape index (κ1) is 17.4. The van der Waals surface area contributed by atoms with Gasteiger partial charge in [-0.1, -0.05) is 18.2 Å². The number of likely N-dealkylation sites (tertiary alicyclic amines) is 1. The molecule has 0 saturated carbocycles. The number of rotatable bonds is 8. The lowest BCUT2D eigenvalue weighted by Crippen LogP contribution is -2.42. The van der Waals surface area contributed by atoms with Crippen LogP contribution in [0.3, 0.4) is 0 Å². The lowest BCUT2D eigenvalue weighted by molar-refractivity contribution is 0.202. The Labute approximate surface area is 148 Å². The number of furan rings is 1. The van der Waals surface area contributed by atoms with Crippen LogP contribution in [0.25, 0.3) is 0 Å². The topological polar surface area (TPSA) is 66.7 Å². The van der Waals surface area contributed by atoms with Gasteiger partial charge in [0.15, 0.2) is 0 Å². The standard InChI is InChI=1S/C19H25N3O3/c23-19(20-10-14-24-16-7-2-1-3-8-16)21-15-17(18-9-6-13-25-18)22-11-4-5-12-22/h1-3,6-9,13,17H,4-5,10-12,14-15H2,(H2,20,21,23). The Morgan fingerprint density at radius 1 is 1.12 bits per heavy atom. The summed E-state index contributed by atoms with van der Waals surface area (Å²) in [5.41, 5.74) is 0. The van der Waals surface area contributed by atoms with Crippen molar-refractivity contribution < 1.29 is 13.9 Å². The van der Waals surface area contributed by atoms with Crippen molar-refractivity contribution in [2.24, 2.45) is 0 Å². The van der Waals surface area contributed by atoms with Crippen LogP contribution in [0.5, 0.6) is 5.75 Å². The minimum Gasteiger partial charge on any atom is -0.492 e. The molecule has 2 amide bonds. The van der Waals surface area contributed by atoms with Gasteiger partial charge in [-0.3, -0.25) is 4.90 Å². The summed E-state index contributed by atoms with van der Waals surface area (Å²) in [6.07, 6.45) is 4.07. The van der Waals surface area contributed by atoms with E-state index in [0.29, 0.717) is 19.7 Å². The number of amides is 2. The van der Waals surface area contributed by atoms with Crippen LogP contribution in [0.15, 0.2) is 53.1 Å². The Hall–Kier alpha value is -2.47. The summed E-state index contributed by atoms with van der Waals surface area (Å²) in [6, 6.07) is 13.3. The highest BCUT2D eigenvalue weighted by molar-refractivity contribution is 5.73. The molecule has 1 aliphatic rings. The number of hydrogen-bond donors (Lipinski definition) is 2. The maximum atomic E-state index is 12.0. The predicted molar refractivity (Wildman–Crippen MR) is 95.6 cm³/mol. The van der Waals surface area contributed by atoms with Crippen LogP contribution >= 0.6 is 0 Å². The second kappa shape index (κ2) is 9.13. The Balaban J connectivity index is 1.39. The first-order valence-corrected chi connectivity index (χ1v) is 8.80. The monoisotopic (exact) mass is 343 g/mol. The number of ether oxygens (including phenoxy) is 1. The minimum atomic E-state index is -0.188. The third-order valence-electron chi connectivity index (χ3n) is 4.31. The predicted octanol–water partition coefficient (Wildman–Crippen LogP) is 2.79. The zero-order valence-corrected chi connectivity index (χ0v) is 14.3. The molecule has 0 radical (unpaired) electrons. The molecule has 1 aliphatic heterocycles. The van der Waals surface area contributed by atoms with E-state index in [2.05, 4.69) is 15.5 Å². The van der Waals surface area contributed by atoms with E-state index < -0.39 is 0 Å². The molecule has 2 N–H and O–H groups in total. The van der Waals surface area contributed by atoms with Crippen molar-refractivity contribution in [2.75, 3.05) is 32.8 Å². The van der Waals surface area contributed by atoms with Gasteiger partial charge in [-0.15, -0.1) is 0 Å². The van der Waals surface area contributed by atoms with E-state index in [1.165, 1.54) is 12.8 Å². The number of urea groups is 1. The number of nitrogens with one attached hydrogen (secondary N) is 2. The van der Waals surface area contributed by atoms with Crippen LogP contribution in [-0.2, 0) is 0 Å². The van der Waals surface area contributed by atoms with E-state index in [0.717, 1.165) is 24.6 Å². The van der Waals surface area contributed by atoms with Crippen LogP contribution in [0.4, 0.5) is 4.79 Å². The fourth-order valence-electron chi connectivity index (χ4n) is 3.05. The summed E-state index contributed by atoms with van der Waals surface area (Å²) in [6.45, 7) is 3.50. The Bertz CT molecular complexity index is 625. The molecule has 1 aromatic carbocycles. The SMILES string of the molecule is O=C(NCCOc1ccccc1)NCC(c1ccco1)N1CCCC1. The van der Waals surface area contributed by atoms with Crippen LogP contribution in [0, 0.1) is 0 Å². The molecule has 1 unspecified atom stereocenters. The van der Waals surface area contributed by atoms with Gasteiger partial charge < -0.3 is 19.8 Å². The van der Waals surface area contributed by atoms with Gasteiger partial charge in [0.1, 0.15) is 18.1 Å². The molecule has 3 rings (SSSR count). The summed E-state index contributed by atoms with van der Waals surface area (Å²) in [4.78, 5) is 14.4. The normalized spacial score (nSPS) is 15.7. The van der Waals surface area contributed by atoms with Crippen molar-refractivity contribution in [3.63, 3.8) is 0 Å². The summed E-state index contributed by atoms with van der Waals surface area (Å²) in [7, 11) is 0. The highest BCUT2D eigenvalue weighted by Crippen LogP contribution is 2.24. The lowest BCUT2D eigenvalue weighted by Gasteiger charge is -2.26. The van der Waals surface area contributed by atoms with E-state index in [4.69, 9.17) is 9.15 Å². The van der Waals surface area contributed by atoms with Crippen molar-refractivity contribution in [1.82, 2.24) is 15.5 Å². The van der Waals surface area contributed by atoms with Crippen molar-refractivity contribution in [3.8, 4) is 5.75 Å². The lowest BCUT2D eigenvalue weighted by atomic mass is 10.2. The number of carbonyl (C=O) groups is 1. The molecule has 2 heterocycles. The largest absolute Gasteiger partial charge is 0.492 e. The van der Waals surface area contributed by atoms with E-state index >= 15 is 0 Å². The van der Waals surface area contributed by atoms with Gasteiger partial charge in [0.2, 0.25) is 0 Å². The van der Waals surface area contributed by atoms with Crippen molar-refractivity contribution in [3.05, 3.63) is 54.5 Å². The Kier molecular flexibility index (Phi) is 6.34. The van der Waals surface area contributed by atoms with Crippen LogP contribution < -0.4 is 15.4 Å². The Morgan fingerprint density at radius 3 is 2.64 bits per heavy atom. The van der Waals surface area contributed by atoms with Gasteiger partial charge in [0.25, 0.3) is 0 Å². The molecule has 1 atom stereocenters. The third-order valence-corrected chi connectivity index (χ3v) is 4.31. The van der Waals surface area contributed by atoms with E-state index in [9.17, 15) is 4.79 Å². The fourth-order valence-corrected chi connectivity index (χ4v) is 3.05. The van der Waals surface area contributed by atoms with Crippen molar-refractivity contribution in [1.29, 1.82) is 0 Å². The van der Waals surface area contributed by atoms with Crippen LogP contribution in [0.1, 0.15) is 24.6 Å². The number of benzene rings is 1. The molecule has 1 saturated heterocycles. The molecule has 6 heteroatoms. The van der Waals surface area contributed by atoms with E-state index in [1.807, 2.05) is 42.5 Å². The number of nitrogens with zero attached hydrogens (tertiary/aromatic N) is 1. The molecule has 25 heavy (non-hydrogen) atoms. The van der Waals surface area contributed by atoms with Gasteiger partial charge in [-0.25, -0.2) is 4.79 Å². The summed E-state index contributed by atoms with van der Waals surface area (Å²) in [5.74, 6) is 1.70. The molecule has 0 bridgehead atoms. The van der Waals surface area contributed by atoms with Crippen molar-refractivity contribution in [2.45, 2.75) is 18.9 Å². The van der Waals surface area contributed by atoms with Crippen molar-refractivity contribution >= 4 is 6.03 Å². The summed E-state index contributed by atoms with van der Waals surface area (Å²) < 4.78 is 11.1. The average Bonchev–Trinajstić information content (AvgIpc) is 3.34. The maximum Gasteiger partial charge on any atom is 0.314 e. The van der Waals surface area contributed by atoms with Gasteiger partial charge in [-0.2, -0.15) is 0 Å². The molecule has 1 fully saturated rings. The molecule has 1 aromatic heterocycles. The zero-order valence-electron chi connectivity index (χ0n) is 14.3. The van der Waals surface area contributed by atoms with Gasteiger partial charge >= 0.3 is 6.03 Å².